The average Bonchev–Trinajstić information content (AvgIpc) is 2.77. The molecule has 3 aromatic carbocycles. The SMILES string of the molecule is O=S(=O)(c1ccc(-c2ccc(F)cc2)cc1)N1CCC(Oc2c(Cl)cccc2Cl)CC1. The fourth-order valence-electron chi connectivity index (χ4n) is 3.56. The van der Waals surface area contributed by atoms with Crippen molar-refractivity contribution in [2.24, 2.45) is 0 Å². The highest BCUT2D eigenvalue weighted by Crippen LogP contribution is 2.35. The van der Waals surface area contributed by atoms with Crippen LogP contribution in [0.1, 0.15) is 12.8 Å². The van der Waals surface area contributed by atoms with E-state index in [4.69, 9.17) is 27.9 Å². The minimum atomic E-state index is -3.61. The van der Waals surface area contributed by atoms with Crippen LogP contribution in [0, 0.1) is 5.82 Å². The highest BCUT2D eigenvalue weighted by atomic mass is 35.5. The number of para-hydroxylation sites is 1. The summed E-state index contributed by atoms with van der Waals surface area (Å²) >= 11 is 12.3. The lowest BCUT2D eigenvalue weighted by Gasteiger charge is -2.31. The minimum absolute atomic E-state index is 0.162. The molecule has 31 heavy (non-hydrogen) atoms. The summed E-state index contributed by atoms with van der Waals surface area (Å²) in [6, 6.07) is 17.9. The number of hydrogen-bond donors (Lipinski definition) is 0. The van der Waals surface area contributed by atoms with Crippen LogP contribution in [0.25, 0.3) is 11.1 Å². The van der Waals surface area contributed by atoms with Crippen LogP contribution in [0.2, 0.25) is 10.0 Å². The van der Waals surface area contributed by atoms with Crippen molar-refractivity contribution in [2.75, 3.05) is 13.1 Å². The molecule has 1 saturated heterocycles. The summed E-state index contributed by atoms with van der Waals surface area (Å²) in [4.78, 5) is 0.229. The topological polar surface area (TPSA) is 46.6 Å². The summed E-state index contributed by atoms with van der Waals surface area (Å²) in [5, 5.41) is 0.868. The van der Waals surface area contributed by atoms with E-state index in [2.05, 4.69) is 0 Å². The van der Waals surface area contributed by atoms with Crippen molar-refractivity contribution in [1.82, 2.24) is 4.31 Å². The van der Waals surface area contributed by atoms with E-state index in [9.17, 15) is 12.8 Å². The van der Waals surface area contributed by atoms with Gasteiger partial charge >= 0.3 is 0 Å². The third-order valence-electron chi connectivity index (χ3n) is 5.27. The molecule has 0 atom stereocenters. The molecular weight excluding hydrogens is 460 g/mol. The molecule has 162 valence electrons. The molecule has 1 aliphatic rings. The molecule has 0 amide bonds. The first-order valence-electron chi connectivity index (χ1n) is 9.81. The van der Waals surface area contributed by atoms with Crippen LogP contribution in [-0.2, 0) is 10.0 Å². The van der Waals surface area contributed by atoms with Crippen LogP contribution < -0.4 is 4.74 Å². The number of ether oxygens (including phenoxy) is 1. The molecular formula is C23H20Cl2FNO3S. The van der Waals surface area contributed by atoms with Crippen molar-refractivity contribution < 1.29 is 17.5 Å². The standard InChI is InChI=1S/C23H20Cl2FNO3S/c24-21-2-1-3-22(25)23(21)30-19-12-14-27(15-13-19)31(28,29)20-10-6-17(7-11-20)16-4-8-18(26)9-5-16/h1-11,19H,12-15H2. The van der Waals surface area contributed by atoms with E-state index in [0.29, 0.717) is 41.7 Å². The van der Waals surface area contributed by atoms with Crippen molar-refractivity contribution >= 4 is 33.2 Å². The predicted octanol–water partition coefficient (Wildman–Crippen LogP) is 6.03. The molecule has 8 heteroatoms. The molecule has 0 bridgehead atoms. The van der Waals surface area contributed by atoms with Gasteiger partial charge in [0.25, 0.3) is 0 Å². The second-order valence-electron chi connectivity index (χ2n) is 7.30. The van der Waals surface area contributed by atoms with E-state index in [1.165, 1.54) is 16.4 Å². The summed E-state index contributed by atoms with van der Waals surface area (Å²) in [6.07, 6.45) is 0.910. The first-order chi connectivity index (χ1) is 14.8. The van der Waals surface area contributed by atoms with Gasteiger partial charge in [-0.05, 0) is 60.4 Å². The lowest BCUT2D eigenvalue weighted by molar-refractivity contribution is 0.135. The van der Waals surface area contributed by atoms with Crippen LogP contribution >= 0.6 is 23.2 Å². The fourth-order valence-corrected chi connectivity index (χ4v) is 5.52. The van der Waals surface area contributed by atoms with Crippen LogP contribution in [-0.4, -0.2) is 31.9 Å². The van der Waals surface area contributed by atoms with Crippen molar-refractivity contribution in [3.05, 3.63) is 82.6 Å². The zero-order chi connectivity index (χ0) is 22.0. The van der Waals surface area contributed by atoms with Crippen molar-refractivity contribution in [3.63, 3.8) is 0 Å². The number of sulfonamides is 1. The molecule has 0 aromatic heterocycles. The van der Waals surface area contributed by atoms with Crippen LogP contribution in [0.15, 0.2) is 71.6 Å². The number of rotatable bonds is 5. The maximum atomic E-state index is 13.1. The maximum Gasteiger partial charge on any atom is 0.243 e. The molecule has 1 aliphatic heterocycles. The van der Waals surface area contributed by atoms with Gasteiger partial charge < -0.3 is 4.74 Å². The summed E-state index contributed by atoms with van der Waals surface area (Å²) in [5.74, 6) is 0.121. The Morgan fingerprint density at radius 1 is 0.839 bits per heavy atom. The van der Waals surface area contributed by atoms with Crippen molar-refractivity contribution in [1.29, 1.82) is 0 Å². The Morgan fingerprint density at radius 3 is 1.90 bits per heavy atom. The predicted molar refractivity (Wildman–Crippen MR) is 121 cm³/mol. The third-order valence-corrected chi connectivity index (χ3v) is 7.78. The van der Waals surface area contributed by atoms with E-state index >= 15 is 0 Å². The lowest BCUT2D eigenvalue weighted by Crippen LogP contribution is -2.41. The smallest absolute Gasteiger partial charge is 0.243 e. The van der Waals surface area contributed by atoms with E-state index in [1.54, 1.807) is 54.6 Å². The Balaban J connectivity index is 1.42. The molecule has 0 N–H and O–H groups in total. The van der Waals surface area contributed by atoms with Gasteiger partial charge in [-0.2, -0.15) is 4.31 Å². The van der Waals surface area contributed by atoms with Crippen molar-refractivity contribution in [2.45, 2.75) is 23.8 Å². The van der Waals surface area contributed by atoms with Gasteiger partial charge in [-0.3, -0.25) is 0 Å². The minimum Gasteiger partial charge on any atom is -0.487 e. The highest BCUT2D eigenvalue weighted by molar-refractivity contribution is 7.89. The number of hydrogen-bond acceptors (Lipinski definition) is 3. The molecule has 0 unspecified atom stereocenters. The fraction of sp³-hybridized carbons (Fsp3) is 0.217. The van der Waals surface area contributed by atoms with Gasteiger partial charge in [0.05, 0.1) is 14.9 Å². The van der Waals surface area contributed by atoms with Gasteiger partial charge in [0.15, 0.2) is 5.75 Å². The lowest BCUT2D eigenvalue weighted by atomic mass is 10.1. The monoisotopic (exact) mass is 479 g/mol. The zero-order valence-corrected chi connectivity index (χ0v) is 18.8. The second-order valence-corrected chi connectivity index (χ2v) is 10.1. The van der Waals surface area contributed by atoms with Crippen LogP contribution in [0.4, 0.5) is 4.39 Å². The second kappa shape index (κ2) is 9.17. The Bertz CT molecular complexity index is 1140. The first kappa shape index (κ1) is 22.1. The van der Waals surface area contributed by atoms with Crippen LogP contribution in [0.3, 0.4) is 0 Å². The number of nitrogens with zero attached hydrogens (tertiary/aromatic N) is 1. The van der Waals surface area contributed by atoms with E-state index < -0.39 is 10.0 Å². The van der Waals surface area contributed by atoms with Crippen molar-refractivity contribution in [3.8, 4) is 16.9 Å². The molecule has 0 spiro atoms. The normalized spacial score (nSPS) is 15.7. The molecule has 1 heterocycles. The molecule has 1 fully saturated rings. The zero-order valence-electron chi connectivity index (χ0n) is 16.5. The maximum absolute atomic E-state index is 13.1. The molecule has 4 nitrogen and oxygen atoms in total. The van der Waals surface area contributed by atoms with E-state index in [1.807, 2.05) is 0 Å². The number of benzene rings is 3. The van der Waals surface area contributed by atoms with Gasteiger partial charge in [0.1, 0.15) is 11.9 Å². The summed E-state index contributed by atoms with van der Waals surface area (Å²) < 4.78 is 46.6. The Labute approximate surface area is 191 Å². The molecule has 0 radical (unpaired) electrons. The van der Waals surface area contributed by atoms with Gasteiger partial charge in [-0.25, -0.2) is 12.8 Å². The summed E-state index contributed by atoms with van der Waals surface area (Å²) in [6.45, 7) is 0.684. The first-order valence-corrected chi connectivity index (χ1v) is 12.0. The van der Waals surface area contributed by atoms with Gasteiger partial charge in [-0.15, -0.1) is 0 Å². The van der Waals surface area contributed by atoms with Crippen LogP contribution in [0.5, 0.6) is 5.75 Å². The Kier molecular flexibility index (Phi) is 6.53. The van der Waals surface area contributed by atoms with Gasteiger partial charge in [0, 0.05) is 13.1 Å². The van der Waals surface area contributed by atoms with Gasteiger partial charge in [0.2, 0.25) is 10.0 Å². The quantitative estimate of drug-likeness (QED) is 0.448. The molecule has 3 aromatic rings. The Hall–Kier alpha value is -2.12. The molecule has 4 rings (SSSR count). The highest BCUT2D eigenvalue weighted by Gasteiger charge is 2.30. The summed E-state index contributed by atoms with van der Waals surface area (Å²) in [5.41, 5.74) is 1.64. The summed E-state index contributed by atoms with van der Waals surface area (Å²) in [7, 11) is -3.61. The Morgan fingerprint density at radius 2 is 1.35 bits per heavy atom. The molecule has 0 saturated carbocycles. The van der Waals surface area contributed by atoms with E-state index in [0.717, 1.165) is 11.1 Å². The van der Waals surface area contributed by atoms with E-state index in [-0.39, 0.29) is 16.8 Å². The number of piperidine rings is 1. The third kappa shape index (κ3) is 4.88. The molecule has 0 aliphatic carbocycles. The largest absolute Gasteiger partial charge is 0.487 e. The number of halogens is 3. The average molecular weight is 480 g/mol. The van der Waals surface area contributed by atoms with Gasteiger partial charge in [-0.1, -0.05) is 53.5 Å².